The number of rotatable bonds is 10. The van der Waals surface area contributed by atoms with E-state index < -0.39 is 54.8 Å². The Kier molecular flexibility index (Phi) is 8.17. The van der Waals surface area contributed by atoms with Gasteiger partial charge in [-0.15, -0.1) is 0 Å². The van der Waals surface area contributed by atoms with Crippen LogP contribution in [0.4, 0.5) is 0 Å². The van der Waals surface area contributed by atoms with Crippen LogP contribution in [0.5, 0.6) is 5.75 Å². The number of benzene rings is 1. The number of aliphatic hydroxyl groups excluding tert-OH is 1. The number of carboxylic acids is 1. The molecule has 3 amide bonds. The van der Waals surface area contributed by atoms with Gasteiger partial charge in [-0.2, -0.15) is 0 Å². The summed E-state index contributed by atoms with van der Waals surface area (Å²) in [6.07, 6.45) is -0.685. The second-order valence-corrected chi connectivity index (χ2v) is 5.79. The van der Waals surface area contributed by atoms with Gasteiger partial charge >= 0.3 is 5.97 Å². The van der Waals surface area contributed by atoms with Crippen LogP contribution in [0.3, 0.4) is 0 Å². The molecule has 0 aliphatic carbocycles. The summed E-state index contributed by atoms with van der Waals surface area (Å²) < 4.78 is 0. The van der Waals surface area contributed by atoms with Crippen molar-refractivity contribution in [2.24, 2.45) is 11.5 Å². The number of hydrogen-bond donors (Lipinski definition) is 7. The van der Waals surface area contributed by atoms with E-state index in [-0.39, 0.29) is 12.2 Å². The third-order valence-electron chi connectivity index (χ3n) is 3.56. The number of carbonyl (C=O) groups is 4. The van der Waals surface area contributed by atoms with Gasteiger partial charge in [0, 0.05) is 6.42 Å². The van der Waals surface area contributed by atoms with Gasteiger partial charge in [-0.3, -0.25) is 14.4 Å². The maximum absolute atomic E-state index is 12.3. The van der Waals surface area contributed by atoms with Gasteiger partial charge in [0.2, 0.25) is 17.7 Å². The monoisotopic (exact) mass is 382 g/mol. The zero-order valence-electron chi connectivity index (χ0n) is 14.3. The Labute approximate surface area is 154 Å². The van der Waals surface area contributed by atoms with Crippen molar-refractivity contribution in [3.05, 3.63) is 29.8 Å². The molecule has 0 aliphatic rings. The summed E-state index contributed by atoms with van der Waals surface area (Å²) >= 11 is 0. The van der Waals surface area contributed by atoms with Crippen LogP contribution in [0.15, 0.2) is 24.3 Å². The zero-order chi connectivity index (χ0) is 20.6. The molecule has 0 saturated heterocycles. The summed E-state index contributed by atoms with van der Waals surface area (Å²) in [6, 6.07) is 1.57. The van der Waals surface area contributed by atoms with Crippen molar-refractivity contribution in [3.63, 3.8) is 0 Å². The highest BCUT2D eigenvalue weighted by Gasteiger charge is 2.29. The third-order valence-corrected chi connectivity index (χ3v) is 3.56. The van der Waals surface area contributed by atoms with Crippen LogP contribution in [-0.4, -0.2) is 63.7 Å². The summed E-state index contributed by atoms with van der Waals surface area (Å²) in [4.78, 5) is 46.7. The van der Waals surface area contributed by atoms with Crippen molar-refractivity contribution in [2.75, 3.05) is 6.61 Å². The Morgan fingerprint density at radius 1 is 1.00 bits per heavy atom. The number of aliphatic carboxylic acids is 1. The van der Waals surface area contributed by atoms with Crippen molar-refractivity contribution in [1.29, 1.82) is 0 Å². The lowest BCUT2D eigenvalue weighted by Gasteiger charge is -2.21. The molecule has 0 aromatic heterocycles. The fourth-order valence-corrected chi connectivity index (χ4v) is 2.11. The molecule has 27 heavy (non-hydrogen) atoms. The van der Waals surface area contributed by atoms with E-state index in [2.05, 4.69) is 10.6 Å². The lowest BCUT2D eigenvalue weighted by molar-refractivity contribution is -0.142. The van der Waals surface area contributed by atoms with Gasteiger partial charge in [0.25, 0.3) is 0 Å². The van der Waals surface area contributed by atoms with Gasteiger partial charge in [-0.05, 0) is 17.7 Å². The fourth-order valence-electron chi connectivity index (χ4n) is 2.11. The van der Waals surface area contributed by atoms with Crippen LogP contribution in [-0.2, 0) is 25.6 Å². The van der Waals surface area contributed by atoms with Crippen LogP contribution in [0.1, 0.15) is 12.0 Å². The summed E-state index contributed by atoms with van der Waals surface area (Å²) in [7, 11) is 0. The van der Waals surface area contributed by atoms with Gasteiger partial charge in [0.15, 0.2) is 0 Å². The number of aromatic hydroxyl groups is 1. The second kappa shape index (κ2) is 10.1. The van der Waals surface area contributed by atoms with Crippen LogP contribution in [0.25, 0.3) is 0 Å². The highest BCUT2D eigenvalue weighted by atomic mass is 16.4. The number of carboxylic acid groups (broad SMARTS) is 1. The van der Waals surface area contributed by atoms with E-state index in [1.165, 1.54) is 24.3 Å². The summed E-state index contributed by atoms with van der Waals surface area (Å²) in [5.74, 6) is -4.09. The summed E-state index contributed by atoms with van der Waals surface area (Å²) in [5, 5.41) is 31.8. The molecule has 148 valence electrons. The topological polar surface area (TPSA) is 205 Å². The van der Waals surface area contributed by atoms with Crippen molar-refractivity contribution < 1.29 is 34.5 Å². The largest absolute Gasteiger partial charge is 0.508 e. The molecule has 0 heterocycles. The van der Waals surface area contributed by atoms with Crippen molar-refractivity contribution in [2.45, 2.75) is 31.0 Å². The van der Waals surface area contributed by atoms with Crippen molar-refractivity contribution >= 4 is 23.7 Å². The first kappa shape index (κ1) is 21.9. The number of phenolic OH excluding ortho intramolecular Hbond substituents is 1. The first-order chi connectivity index (χ1) is 12.6. The van der Waals surface area contributed by atoms with Gasteiger partial charge in [0.05, 0.1) is 13.0 Å². The van der Waals surface area contributed by atoms with Crippen LogP contribution in [0.2, 0.25) is 0 Å². The lowest BCUT2D eigenvalue weighted by atomic mass is 10.0. The number of hydrogen-bond acceptors (Lipinski definition) is 7. The molecule has 3 unspecified atom stereocenters. The number of nitrogens with one attached hydrogen (secondary N) is 2. The van der Waals surface area contributed by atoms with Gasteiger partial charge in [-0.1, -0.05) is 12.1 Å². The zero-order valence-corrected chi connectivity index (χ0v) is 14.3. The molecule has 1 rings (SSSR count). The average molecular weight is 382 g/mol. The Morgan fingerprint density at radius 3 is 2.04 bits per heavy atom. The van der Waals surface area contributed by atoms with Crippen LogP contribution >= 0.6 is 0 Å². The van der Waals surface area contributed by atoms with E-state index in [0.717, 1.165) is 0 Å². The minimum absolute atomic E-state index is 0.000817. The van der Waals surface area contributed by atoms with E-state index >= 15 is 0 Å². The van der Waals surface area contributed by atoms with E-state index in [1.54, 1.807) is 0 Å². The molecule has 1 aromatic carbocycles. The molecular weight excluding hydrogens is 360 g/mol. The molecule has 11 nitrogen and oxygen atoms in total. The predicted molar refractivity (Wildman–Crippen MR) is 92.2 cm³/mol. The Balaban J connectivity index is 2.87. The molecule has 0 aliphatic heterocycles. The van der Waals surface area contributed by atoms with E-state index in [0.29, 0.717) is 5.56 Å². The normalized spacial score (nSPS) is 13.9. The number of carbonyl (C=O) groups excluding carboxylic acids is 3. The molecule has 11 heteroatoms. The number of phenols is 1. The summed E-state index contributed by atoms with van der Waals surface area (Å²) in [6.45, 7) is -0.685. The van der Waals surface area contributed by atoms with Gasteiger partial charge in [0.1, 0.15) is 23.9 Å². The van der Waals surface area contributed by atoms with Crippen molar-refractivity contribution in [1.82, 2.24) is 10.6 Å². The predicted octanol–water partition coefficient (Wildman–Crippen LogP) is -2.82. The molecule has 0 fully saturated rings. The van der Waals surface area contributed by atoms with Crippen molar-refractivity contribution in [3.8, 4) is 5.75 Å². The fraction of sp³-hybridized carbons (Fsp3) is 0.375. The SMILES string of the molecule is NC(=O)CC(NC(=O)C(N)CO)C(=O)NC(Cc1ccc(O)cc1)C(=O)O. The molecular formula is C16H22N4O7. The maximum Gasteiger partial charge on any atom is 0.326 e. The highest BCUT2D eigenvalue weighted by molar-refractivity contribution is 5.94. The van der Waals surface area contributed by atoms with Crippen LogP contribution in [0, 0.1) is 0 Å². The Morgan fingerprint density at radius 2 is 1.56 bits per heavy atom. The second-order valence-electron chi connectivity index (χ2n) is 5.79. The highest BCUT2D eigenvalue weighted by Crippen LogP contribution is 2.11. The Bertz CT molecular complexity index is 693. The quantitative estimate of drug-likeness (QED) is 0.224. The standard InChI is InChI=1S/C16H22N4O7/c17-10(7-21)14(24)19-11(6-13(18)23)15(25)20-12(16(26)27)5-8-1-3-9(22)4-2-8/h1-4,10-12,21-22H,5-7,17H2,(H2,18,23)(H,19,24)(H,20,25)(H,26,27). The first-order valence-electron chi connectivity index (χ1n) is 7.90. The Hall–Kier alpha value is -3.18. The average Bonchev–Trinajstić information content (AvgIpc) is 2.60. The molecule has 0 spiro atoms. The van der Waals surface area contributed by atoms with E-state index in [1.807, 2.05) is 0 Å². The van der Waals surface area contributed by atoms with E-state index in [4.69, 9.17) is 16.6 Å². The summed E-state index contributed by atoms with van der Waals surface area (Å²) in [5.41, 5.74) is 10.9. The smallest absolute Gasteiger partial charge is 0.326 e. The molecule has 0 radical (unpaired) electrons. The maximum atomic E-state index is 12.3. The number of nitrogens with two attached hydrogens (primary N) is 2. The first-order valence-corrected chi connectivity index (χ1v) is 7.90. The van der Waals surface area contributed by atoms with Gasteiger partial charge in [-0.25, -0.2) is 4.79 Å². The van der Waals surface area contributed by atoms with Gasteiger partial charge < -0.3 is 37.4 Å². The molecule has 0 bridgehead atoms. The van der Waals surface area contributed by atoms with E-state index in [9.17, 15) is 29.4 Å². The molecule has 1 aromatic rings. The minimum atomic E-state index is -1.45. The molecule has 0 saturated carbocycles. The lowest BCUT2D eigenvalue weighted by Crippen LogP contribution is -2.56. The van der Waals surface area contributed by atoms with Crippen LogP contribution < -0.4 is 22.1 Å². The minimum Gasteiger partial charge on any atom is -0.508 e. The molecule has 3 atom stereocenters. The number of aliphatic hydroxyl groups is 1. The third kappa shape index (κ3) is 7.30. The number of primary amides is 1. The molecule has 9 N–H and O–H groups in total. The number of amides is 3.